The lowest BCUT2D eigenvalue weighted by atomic mass is 10.0. The van der Waals surface area contributed by atoms with Crippen molar-refractivity contribution >= 4 is 15.9 Å². The van der Waals surface area contributed by atoms with E-state index in [1.165, 1.54) is 5.56 Å². The van der Waals surface area contributed by atoms with Gasteiger partial charge in [-0.1, -0.05) is 60.1 Å². The summed E-state index contributed by atoms with van der Waals surface area (Å²) in [4.78, 5) is 0.490. The number of hydrogen-bond acceptors (Lipinski definition) is 0. The first kappa shape index (κ1) is 8.79. The molecule has 1 atom stereocenters. The SMILES string of the molecule is CC(C)[C@@H](Br)c1ccccc1. The van der Waals surface area contributed by atoms with Gasteiger partial charge in [0.25, 0.3) is 0 Å². The van der Waals surface area contributed by atoms with Gasteiger partial charge in [-0.15, -0.1) is 0 Å². The Balaban J connectivity index is 2.77. The predicted molar refractivity (Wildman–Crippen MR) is 52.9 cm³/mol. The molecule has 1 rings (SSSR count). The van der Waals surface area contributed by atoms with Gasteiger partial charge in [0.2, 0.25) is 0 Å². The molecule has 0 aromatic heterocycles. The summed E-state index contributed by atoms with van der Waals surface area (Å²) in [5, 5.41) is 0. The van der Waals surface area contributed by atoms with Crippen molar-refractivity contribution in [2.24, 2.45) is 5.92 Å². The molecule has 1 heteroatoms. The van der Waals surface area contributed by atoms with Gasteiger partial charge in [-0.3, -0.25) is 0 Å². The van der Waals surface area contributed by atoms with Gasteiger partial charge in [0.1, 0.15) is 0 Å². The van der Waals surface area contributed by atoms with Gasteiger partial charge in [0.15, 0.2) is 0 Å². The van der Waals surface area contributed by atoms with E-state index in [-0.39, 0.29) is 0 Å². The summed E-state index contributed by atoms with van der Waals surface area (Å²) in [6, 6.07) is 10.5. The summed E-state index contributed by atoms with van der Waals surface area (Å²) in [7, 11) is 0. The van der Waals surface area contributed by atoms with Crippen molar-refractivity contribution in [1.29, 1.82) is 0 Å². The van der Waals surface area contributed by atoms with Gasteiger partial charge in [0, 0.05) is 4.83 Å². The molecule has 0 aliphatic rings. The van der Waals surface area contributed by atoms with E-state index in [4.69, 9.17) is 0 Å². The largest absolute Gasteiger partial charge is 0.0836 e. The van der Waals surface area contributed by atoms with Crippen molar-refractivity contribution in [2.45, 2.75) is 18.7 Å². The summed E-state index contributed by atoms with van der Waals surface area (Å²) in [6.45, 7) is 4.43. The summed E-state index contributed by atoms with van der Waals surface area (Å²) >= 11 is 3.65. The molecule has 0 amide bonds. The summed E-state index contributed by atoms with van der Waals surface area (Å²) in [5.41, 5.74) is 1.36. The molecule has 0 bridgehead atoms. The molecular weight excluding hydrogens is 200 g/mol. The van der Waals surface area contributed by atoms with Crippen LogP contribution in [-0.4, -0.2) is 0 Å². The Kier molecular flexibility index (Phi) is 3.13. The van der Waals surface area contributed by atoms with Crippen molar-refractivity contribution in [1.82, 2.24) is 0 Å². The van der Waals surface area contributed by atoms with Crippen LogP contribution < -0.4 is 0 Å². The van der Waals surface area contributed by atoms with E-state index in [0.29, 0.717) is 10.7 Å². The fraction of sp³-hybridized carbons (Fsp3) is 0.400. The minimum absolute atomic E-state index is 0.490. The van der Waals surface area contributed by atoms with Gasteiger partial charge in [-0.2, -0.15) is 0 Å². The maximum absolute atomic E-state index is 3.65. The summed E-state index contributed by atoms with van der Waals surface area (Å²) in [5.74, 6) is 0.650. The summed E-state index contributed by atoms with van der Waals surface area (Å²) in [6.07, 6.45) is 0. The third-order valence-electron chi connectivity index (χ3n) is 1.70. The van der Waals surface area contributed by atoms with Crippen LogP contribution in [0.5, 0.6) is 0 Å². The van der Waals surface area contributed by atoms with E-state index < -0.39 is 0 Å². The first-order valence-corrected chi connectivity index (χ1v) is 4.82. The minimum Gasteiger partial charge on any atom is -0.0836 e. The number of alkyl halides is 1. The standard InChI is InChI=1S/C10H13Br/c1-8(2)10(11)9-6-4-3-5-7-9/h3-8,10H,1-2H3/t10-/m1/s1. The second-order valence-electron chi connectivity index (χ2n) is 3.06. The average Bonchev–Trinajstić information content (AvgIpc) is 2.05. The van der Waals surface area contributed by atoms with Crippen molar-refractivity contribution < 1.29 is 0 Å². The predicted octanol–water partition coefficient (Wildman–Crippen LogP) is 3.78. The third kappa shape index (κ3) is 2.33. The van der Waals surface area contributed by atoms with Gasteiger partial charge < -0.3 is 0 Å². The molecule has 0 fully saturated rings. The molecule has 0 heterocycles. The number of hydrogen-bond donors (Lipinski definition) is 0. The van der Waals surface area contributed by atoms with Crippen LogP contribution in [0.3, 0.4) is 0 Å². The maximum atomic E-state index is 3.65. The highest BCUT2D eigenvalue weighted by Crippen LogP contribution is 2.29. The molecule has 11 heavy (non-hydrogen) atoms. The Morgan fingerprint density at radius 3 is 2.09 bits per heavy atom. The van der Waals surface area contributed by atoms with Crippen molar-refractivity contribution in [2.75, 3.05) is 0 Å². The molecule has 0 spiro atoms. The van der Waals surface area contributed by atoms with Crippen molar-refractivity contribution in [3.63, 3.8) is 0 Å². The first-order valence-electron chi connectivity index (χ1n) is 3.91. The Morgan fingerprint density at radius 1 is 1.09 bits per heavy atom. The Hall–Kier alpha value is -0.300. The molecule has 0 radical (unpaired) electrons. The van der Waals surface area contributed by atoms with Crippen LogP contribution >= 0.6 is 15.9 Å². The molecule has 0 aliphatic heterocycles. The number of halogens is 1. The molecule has 0 aliphatic carbocycles. The van der Waals surface area contributed by atoms with Gasteiger partial charge in [0.05, 0.1) is 0 Å². The number of rotatable bonds is 2. The van der Waals surface area contributed by atoms with Crippen LogP contribution in [0.15, 0.2) is 30.3 Å². The van der Waals surface area contributed by atoms with Crippen LogP contribution in [0.2, 0.25) is 0 Å². The molecule has 0 nitrogen and oxygen atoms in total. The smallest absolute Gasteiger partial charge is 0.0418 e. The average molecular weight is 213 g/mol. The van der Waals surface area contributed by atoms with Crippen LogP contribution in [0.1, 0.15) is 24.2 Å². The van der Waals surface area contributed by atoms with E-state index in [1.54, 1.807) is 0 Å². The zero-order valence-electron chi connectivity index (χ0n) is 6.92. The van der Waals surface area contributed by atoms with E-state index in [2.05, 4.69) is 54.0 Å². The molecule has 0 saturated carbocycles. The monoisotopic (exact) mass is 212 g/mol. The highest BCUT2D eigenvalue weighted by Gasteiger charge is 2.09. The lowest BCUT2D eigenvalue weighted by molar-refractivity contribution is 0.641. The Morgan fingerprint density at radius 2 is 1.64 bits per heavy atom. The second kappa shape index (κ2) is 3.91. The van der Waals surface area contributed by atoms with Crippen molar-refractivity contribution in [3.05, 3.63) is 35.9 Å². The number of benzene rings is 1. The van der Waals surface area contributed by atoms with Crippen LogP contribution in [-0.2, 0) is 0 Å². The normalized spacial score (nSPS) is 13.5. The highest BCUT2D eigenvalue weighted by molar-refractivity contribution is 9.09. The van der Waals surface area contributed by atoms with Crippen LogP contribution in [0.25, 0.3) is 0 Å². The van der Waals surface area contributed by atoms with E-state index in [9.17, 15) is 0 Å². The quantitative estimate of drug-likeness (QED) is 0.656. The summed E-state index contributed by atoms with van der Waals surface area (Å²) < 4.78 is 0. The van der Waals surface area contributed by atoms with E-state index in [0.717, 1.165) is 0 Å². The Labute approximate surface area is 76.8 Å². The topological polar surface area (TPSA) is 0 Å². The van der Waals surface area contributed by atoms with E-state index >= 15 is 0 Å². The molecule has 0 saturated heterocycles. The molecule has 1 aromatic carbocycles. The van der Waals surface area contributed by atoms with E-state index in [1.807, 2.05) is 6.07 Å². The highest BCUT2D eigenvalue weighted by atomic mass is 79.9. The second-order valence-corrected chi connectivity index (χ2v) is 4.04. The lowest BCUT2D eigenvalue weighted by Crippen LogP contribution is -1.97. The Bertz CT molecular complexity index is 203. The zero-order chi connectivity index (χ0) is 8.27. The zero-order valence-corrected chi connectivity index (χ0v) is 8.51. The fourth-order valence-corrected chi connectivity index (χ4v) is 1.33. The molecular formula is C10H13Br. The fourth-order valence-electron chi connectivity index (χ4n) is 1.02. The minimum atomic E-state index is 0.490. The lowest BCUT2D eigenvalue weighted by Gasteiger charge is -2.13. The molecule has 0 unspecified atom stereocenters. The van der Waals surface area contributed by atoms with Gasteiger partial charge in [-0.25, -0.2) is 0 Å². The molecule has 60 valence electrons. The van der Waals surface area contributed by atoms with Crippen molar-refractivity contribution in [3.8, 4) is 0 Å². The third-order valence-corrected chi connectivity index (χ3v) is 3.29. The maximum Gasteiger partial charge on any atom is 0.0418 e. The van der Waals surface area contributed by atoms with Gasteiger partial charge >= 0.3 is 0 Å². The molecule has 0 N–H and O–H groups in total. The van der Waals surface area contributed by atoms with Gasteiger partial charge in [-0.05, 0) is 11.5 Å². The van der Waals surface area contributed by atoms with Crippen LogP contribution in [0.4, 0.5) is 0 Å². The molecule has 1 aromatic rings. The van der Waals surface area contributed by atoms with Crippen LogP contribution in [0, 0.1) is 5.92 Å². The first-order chi connectivity index (χ1) is 5.22.